The molecule has 2 heterocycles. The molecule has 0 aromatic carbocycles. The molecule has 1 aromatic heterocycles. The highest BCUT2D eigenvalue weighted by Crippen LogP contribution is 2.51. The lowest BCUT2D eigenvalue weighted by Crippen LogP contribution is -2.39. The molecule has 7 heteroatoms. The van der Waals surface area contributed by atoms with E-state index in [-0.39, 0.29) is 11.4 Å². The van der Waals surface area contributed by atoms with Crippen LogP contribution in [-0.4, -0.2) is 5.21 Å². The number of rotatable bonds is 0. The third-order valence-corrected chi connectivity index (χ3v) is 4.41. The maximum Gasteiger partial charge on any atom is 0.258 e. The molecule has 1 aliphatic heterocycles. The van der Waals surface area contributed by atoms with Crippen molar-refractivity contribution in [2.45, 2.75) is 11.1 Å². The Morgan fingerprint density at radius 2 is 2.33 bits per heavy atom. The minimum absolute atomic E-state index is 0.122. The molecule has 1 aromatic rings. The van der Waals surface area contributed by atoms with Gasteiger partial charge in [0.05, 0.1) is 4.91 Å². The quantitative estimate of drug-likeness (QED) is 0.573. The van der Waals surface area contributed by atoms with Gasteiger partial charge in [0.2, 0.25) is 0 Å². The van der Waals surface area contributed by atoms with Crippen molar-refractivity contribution in [2.24, 2.45) is 0 Å². The zero-order valence-electron chi connectivity index (χ0n) is 7.52. The number of nitrogens with zero attached hydrogens (tertiary/aromatic N) is 2. The Balaban J connectivity index is 2.65. The Bertz CT molecular complexity index is 501. The van der Waals surface area contributed by atoms with Crippen LogP contribution in [0.25, 0.3) is 0 Å². The van der Waals surface area contributed by atoms with Crippen LogP contribution >= 0.6 is 34.7 Å². The molecule has 4 nitrogen and oxygen atoms in total. The first-order valence-electron chi connectivity index (χ1n) is 3.89. The fraction of sp³-hybridized carbons (Fsp3) is 0.125. The smallest absolute Gasteiger partial charge is 0.258 e. The molecule has 1 atom stereocenters. The Morgan fingerprint density at radius 3 is 2.93 bits per heavy atom. The highest BCUT2D eigenvalue weighted by Gasteiger charge is 2.37. The van der Waals surface area contributed by atoms with E-state index < -0.39 is 4.81 Å². The highest BCUT2D eigenvalue weighted by atomic mass is 35.5. The number of quaternary nitrogens is 1. The number of hydrogen-bond donors (Lipinski definition) is 1. The van der Waals surface area contributed by atoms with Crippen LogP contribution < -0.4 is 4.81 Å². The van der Waals surface area contributed by atoms with Gasteiger partial charge < -0.3 is 5.21 Å². The van der Waals surface area contributed by atoms with Crippen LogP contribution in [0.5, 0.6) is 0 Å². The summed E-state index contributed by atoms with van der Waals surface area (Å²) >= 11 is 8.26. The molecule has 0 radical (unpaired) electrons. The number of thiophene rings is 1. The minimum Gasteiger partial charge on any atom is -0.587 e. The summed E-state index contributed by atoms with van der Waals surface area (Å²) in [6, 6.07) is 3.12. The number of halogens is 1. The lowest BCUT2D eigenvalue weighted by atomic mass is 10.3. The van der Waals surface area contributed by atoms with Crippen molar-refractivity contribution in [3.05, 3.63) is 26.2 Å². The van der Waals surface area contributed by atoms with E-state index in [1.165, 1.54) is 29.2 Å². The van der Waals surface area contributed by atoms with E-state index in [1.807, 2.05) is 0 Å². The van der Waals surface area contributed by atoms with E-state index in [0.29, 0.717) is 13.5 Å². The van der Waals surface area contributed by atoms with Gasteiger partial charge >= 0.3 is 0 Å². The molecule has 1 unspecified atom stereocenters. The van der Waals surface area contributed by atoms with Crippen molar-refractivity contribution in [3.63, 3.8) is 0 Å². The second-order valence-electron chi connectivity index (χ2n) is 2.92. The van der Waals surface area contributed by atoms with E-state index in [1.54, 1.807) is 13.0 Å². The molecule has 1 N–H and O–H groups in total. The van der Waals surface area contributed by atoms with Crippen molar-refractivity contribution in [1.29, 1.82) is 5.26 Å². The van der Waals surface area contributed by atoms with Gasteiger partial charge in [-0.25, -0.2) is 5.21 Å². The highest BCUT2D eigenvalue weighted by molar-refractivity contribution is 8.05. The Morgan fingerprint density at radius 1 is 1.67 bits per heavy atom. The average Bonchev–Trinajstić information content (AvgIpc) is 2.46. The summed E-state index contributed by atoms with van der Waals surface area (Å²) in [7, 11) is 0. The molecule has 1 aliphatic rings. The number of fused-ring (bicyclic) bond motifs is 1. The summed E-state index contributed by atoms with van der Waals surface area (Å²) in [5.74, 6) is 0. The predicted molar refractivity (Wildman–Crippen MR) is 60.4 cm³/mol. The molecular weight excluding hydrogens is 256 g/mol. The number of hydrogen-bond acceptors (Lipinski definition) is 5. The molecule has 0 spiro atoms. The van der Waals surface area contributed by atoms with Gasteiger partial charge in [0, 0.05) is 6.07 Å². The van der Waals surface area contributed by atoms with Crippen LogP contribution in [0.2, 0.25) is 4.34 Å². The minimum atomic E-state index is -1.76. The summed E-state index contributed by atoms with van der Waals surface area (Å²) in [5, 5.41) is 30.4. The Labute approximate surface area is 99.1 Å². The number of thioether (sulfide) groups is 1. The van der Waals surface area contributed by atoms with Crippen LogP contribution in [0.3, 0.4) is 0 Å². The van der Waals surface area contributed by atoms with Crippen LogP contribution in [0.4, 0.5) is 5.69 Å². The van der Waals surface area contributed by atoms with Crippen molar-refractivity contribution in [2.75, 3.05) is 0 Å². The fourth-order valence-electron chi connectivity index (χ4n) is 1.29. The Hall–Kier alpha value is -0.550. The zero-order valence-corrected chi connectivity index (χ0v) is 9.91. The fourth-order valence-corrected chi connectivity index (χ4v) is 4.04. The molecule has 0 fully saturated rings. The summed E-state index contributed by atoms with van der Waals surface area (Å²) in [5.41, 5.74) is -0.0842. The maximum atomic E-state index is 11.9. The second kappa shape index (κ2) is 3.49. The van der Waals surface area contributed by atoms with Crippen LogP contribution in [-0.2, 0) is 0 Å². The topological polar surface area (TPSA) is 67.1 Å². The van der Waals surface area contributed by atoms with Crippen molar-refractivity contribution >= 4 is 40.4 Å². The second-order valence-corrected chi connectivity index (χ2v) is 6.08. The molecule has 0 saturated heterocycles. The van der Waals surface area contributed by atoms with Gasteiger partial charge in [0.15, 0.2) is 11.8 Å². The number of nitriles is 1. The molecule has 0 aliphatic carbocycles. The van der Waals surface area contributed by atoms with E-state index in [2.05, 4.69) is 0 Å². The van der Waals surface area contributed by atoms with Gasteiger partial charge in [0.25, 0.3) is 5.70 Å². The van der Waals surface area contributed by atoms with Crippen molar-refractivity contribution in [3.8, 4) is 6.07 Å². The van der Waals surface area contributed by atoms with E-state index in [0.717, 1.165) is 0 Å². The molecule has 15 heavy (non-hydrogen) atoms. The summed E-state index contributed by atoms with van der Waals surface area (Å²) < 4.78 is 1.06. The lowest BCUT2D eigenvalue weighted by Gasteiger charge is -2.34. The lowest BCUT2D eigenvalue weighted by molar-refractivity contribution is 0.00699. The zero-order chi connectivity index (χ0) is 11.2. The molecule has 0 saturated carbocycles. The van der Waals surface area contributed by atoms with Gasteiger partial charge in [-0.1, -0.05) is 23.4 Å². The maximum absolute atomic E-state index is 11.9. The summed E-state index contributed by atoms with van der Waals surface area (Å²) in [6.45, 7) is 1.63. The van der Waals surface area contributed by atoms with E-state index in [4.69, 9.17) is 16.9 Å². The van der Waals surface area contributed by atoms with Crippen LogP contribution in [0.15, 0.2) is 20.9 Å². The first-order chi connectivity index (χ1) is 6.96. The first kappa shape index (κ1) is 11.0. The molecule has 78 valence electrons. The van der Waals surface area contributed by atoms with Gasteiger partial charge in [0.1, 0.15) is 8.55 Å². The third-order valence-electron chi connectivity index (χ3n) is 1.96. The normalized spacial score (nSPS) is 25.0. The van der Waals surface area contributed by atoms with Crippen molar-refractivity contribution < 1.29 is 5.21 Å². The molecule has 2 rings (SSSR count). The van der Waals surface area contributed by atoms with Gasteiger partial charge in [-0.05, 0) is 6.92 Å². The Kier molecular flexibility index (Phi) is 2.55. The molecular formula is C8H5ClN2O2S2. The van der Waals surface area contributed by atoms with Crippen molar-refractivity contribution in [1.82, 2.24) is 4.81 Å². The SMILES string of the molecule is CC1=C(C#N)[N+]([O-])(O)c2cc(Cl)sc2S1. The standard InChI is InChI=1S/C8H5ClN2O2S2/c1-4-6(3-10)11(12,13)5-2-7(9)15-8(5)14-4/h2,12H,1H3. The summed E-state index contributed by atoms with van der Waals surface area (Å²) in [6.07, 6.45) is 0. The largest absolute Gasteiger partial charge is 0.587 e. The third kappa shape index (κ3) is 1.58. The number of allylic oxidation sites excluding steroid dienone is 2. The van der Waals surface area contributed by atoms with E-state index in [9.17, 15) is 10.4 Å². The monoisotopic (exact) mass is 260 g/mol. The molecule has 0 bridgehead atoms. The summed E-state index contributed by atoms with van der Waals surface area (Å²) in [4.78, 5) is -1.26. The number of hydroxylamine groups is 2. The van der Waals surface area contributed by atoms with Crippen LogP contribution in [0.1, 0.15) is 6.92 Å². The molecule has 0 amide bonds. The van der Waals surface area contributed by atoms with Gasteiger partial charge in [-0.15, -0.1) is 16.1 Å². The van der Waals surface area contributed by atoms with Gasteiger partial charge in [-0.3, -0.25) is 0 Å². The first-order valence-corrected chi connectivity index (χ1v) is 5.90. The average molecular weight is 261 g/mol. The van der Waals surface area contributed by atoms with Crippen LogP contribution in [0, 0.1) is 16.5 Å². The van der Waals surface area contributed by atoms with E-state index >= 15 is 0 Å². The predicted octanol–water partition coefficient (Wildman–Crippen LogP) is 3.46. The van der Waals surface area contributed by atoms with Gasteiger partial charge in [-0.2, -0.15) is 5.26 Å².